The average molecular weight is 288 g/mol. The van der Waals surface area contributed by atoms with Gasteiger partial charge in [0.15, 0.2) is 5.54 Å². The summed E-state index contributed by atoms with van der Waals surface area (Å²) in [5.74, 6) is -1.55. The van der Waals surface area contributed by atoms with Crippen LogP contribution >= 0.6 is 0 Å². The predicted octanol–water partition coefficient (Wildman–Crippen LogP) is 3.33. The molecule has 2 N–H and O–H groups in total. The summed E-state index contributed by atoms with van der Waals surface area (Å²) in [6.45, 7) is 3.68. The minimum Gasteiger partial charge on any atom is -0.479 e. The third-order valence-corrected chi connectivity index (χ3v) is 3.44. The molecular weight excluding hydrogens is 271 g/mol. The van der Waals surface area contributed by atoms with Crippen LogP contribution in [0.5, 0.6) is 0 Å². The lowest BCUT2D eigenvalue weighted by Gasteiger charge is -2.30. The number of carbonyl (C=O) groups is 1. The zero-order chi connectivity index (χ0) is 15.5. The van der Waals surface area contributed by atoms with Crippen molar-refractivity contribution >= 4 is 11.7 Å². The molecule has 1 aromatic heterocycles. The van der Waals surface area contributed by atoms with Gasteiger partial charge in [0.05, 0.1) is 11.9 Å². The van der Waals surface area contributed by atoms with Crippen LogP contribution in [0.25, 0.3) is 0 Å². The molecule has 5 heteroatoms. The molecule has 0 aliphatic rings. The fourth-order valence-corrected chi connectivity index (χ4v) is 2.25. The van der Waals surface area contributed by atoms with Gasteiger partial charge in [0, 0.05) is 5.69 Å². The highest BCUT2D eigenvalue weighted by atomic mass is 19.1. The van der Waals surface area contributed by atoms with Gasteiger partial charge in [-0.25, -0.2) is 9.18 Å². The van der Waals surface area contributed by atoms with Crippen LogP contribution in [0.4, 0.5) is 10.1 Å². The number of carboxylic acid groups (broad SMARTS) is 1. The van der Waals surface area contributed by atoms with Crippen LogP contribution in [-0.4, -0.2) is 16.1 Å². The second-order valence-corrected chi connectivity index (χ2v) is 4.92. The van der Waals surface area contributed by atoms with Gasteiger partial charge in [-0.2, -0.15) is 0 Å². The molecule has 1 atom stereocenters. The second-order valence-electron chi connectivity index (χ2n) is 4.92. The Labute approximate surface area is 122 Å². The first-order chi connectivity index (χ1) is 9.98. The van der Waals surface area contributed by atoms with Gasteiger partial charge < -0.3 is 10.4 Å². The molecule has 1 heterocycles. The summed E-state index contributed by atoms with van der Waals surface area (Å²) < 4.78 is 13.0. The zero-order valence-electron chi connectivity index (χ0n) is 11.9. The van der Waals surface area contributed by atoms with Crippen molar-refractivity contribution in [3.05, 3.63) is 59.7 Å². The maximum absolute atomic E-state index is 13.0. The SMILES string of the molecule is CCC(Nc1cccc(C)c1)(C(=O)O)c1ccc(F)cn1. The number of carboxylic acids is 1. The molecule has 110 valence electrons. The second kappa shape index (κ2) is 5.91. The van der Waals surface area contributed by atoms with E-state index in [-0.39, 0.29) is 12.1 Å². The van der Waals surface area contributed by atoms with E-state index >= 15 is 0 Å². The molecule has 2 aromatic rings. The number of rotatable bonds is 5. The quantitative estimate of drug-likeness (QED) is 0.886. The summed E-state index contributed by atoms with van der Waals surface area (Å²) in [5.41, 5.74) is 0.592. The van der Waals surface area contributed by atoms with Crippen molar-refractivity contribution < 1.29 is 14.3 Å². The van der Waals surface area contributed by atoms with Crippen LogP contribution < -0.4 is 5.32 Å². The maximum atomic E-state index is 13.0. The van der Waals surface area contributed by atoms with Crippen molar-refractivity contribution in [2.24, 2.45) is 0 Å². The lowest BCUT2D eigenvalue weighted by Crippen LogP contribution is -2.43. The van der Waals surface area contributed by atoms with Gasteiger partial charge in [-0.3, -0.25) is 4.98 Å². The molecule has 0 saturated heterocycles. The molecule has 21 heavy (non-hydrogen) atoms. The van der Waals surface area contributed by atoms with Crippen LogP contribution in [0, 0.1) is 12.7 Å². The van der Waals surface area contributed by atoms with Gasteiger partial charge in [0.1, 0.15) is 5.82 Å². The standard InChI is InChI=1S/C16H17FN2O2/c1-3-16(15(20)21,14-8-7-12(17)10-18-14)19-13-6-4-5-11(2)9-13/h4-10,19H,3H2,1-2H3,(H,20,21). The number of benzene rings is 1. The van der Waals surface area contributed by atoms with Crippen molar-refractivity contribution in [2.45, 2.75) is 25.8 Å². The molecule has 0 aliphatic carbocycles. The molecule has 1 aromatic carbocycles. The van der Waals surface area contributed by atoms with E-state index in [1.54, 1.807) is 13.0 Å². The Morgan fingerprint density at radius 2 is 2.14 bits per heavy atom. The normalized spacial score (nSPS) is 13.5. The van der Waals surface area contributed by atoms with E-state index in [0.717, 1.165) is 11.8 Å². The molecule has 0 aliphatic heterocycles. The first kappa shape index (κ1) is 15.0. The third-order valence-electron chi connectivity index (χ3n) is 3.44. The summed E-state index contributed by atoms with van der Waals surface area (Å²) in [5, 5.41) is 12.7. The number of nitrogens with zero attached hydrogens (tertiary/aromatic N) is 1. The molecule has 2 rings (SSSR count). The Morgan fingerprint density at radius 1 is 1.38 bits per heavy atom. The Hall–Kier alpha value is -2.43. The Balaban J connectivity index is 2.46. The van der Waals surface area contributed by atoms with Gasteiger partial charge in [0.2, 0.25) is 0 Å². The minimum atomic E-state index is -1.39. The summed E-state index contributed by atoms with van der Waals surface area (Å²) in [4.78, 5) is 15.8. The van der Waals surface area contributed by atoms with Gasteiger partial charge in [-0.1, -0.05) is 19.1 Å². The number of hydrogen-bond donors (Lipinski definition) is 2. The highest BCUT2D eigenvalue weighted by Gasteiger charge is 2.40. The molecule has 0 saturated carbocycles. The third kappa shape index (κ3) is 3.02. The number of anilines is 1. The van der Waals surface area contributed by atoms with E-state index in [0.29, 0.717) is 5.69 Å². The van der Waals surface area contributed by atoms with E-state index in [2.05, 4.69) is 10.3 Å². The molecule has 0 amide bonds. The topological polar surface area (TPSA) is 62.2 Å². The Bertz CT molecular complexity index is 643. The molecule has 1 unspecified atom stereocenters. The van der Waals surface area contributed by atoms with Crippen LogP contribution in [0.3, 0.4) is 0 Å². The first-order valence-electron chi connectivity index (χ1n) is 6.68. The highest BCUT2D eigenvalue weighted by Crippen LogP contribution is 2.29. The monoisotopic (exact) mass is 288 g/mol. The molecule has 0 radical (unpaired) electrons. The number of hydrogen-bond acceptors (Lipinski definition) is 3. The van der Waals surface area contributed by atoms with Crippen molar-refractivity contribution in [3.63, 3.8) is 0 Å². The largest absolute Gasteiger partial charge is 0.479 e. The number of aliphatic carboxylic acids is 1. The Kier molecular flexibility index (Phi) is 4.21. The van der Waals surface area contributed by atoms with E-state index in [1.807, 2.05) is 25.1 Å². The maximum Gasteiger partial charge on any atom is 0.335 e. The van der Waals surface area contributed by atoms with Crippen molar-refractivity contribution in [1.29, 1.82) is 0 Å². The van der Waals surface area contributed by atoms with E-state index in [9.17, 15) is 14.3 Å². The smallest absolute Gasteiger partial charge is 0.335 e. The zero-order valence-corrected chi connectivity index (χ0v) is 11.9. The molecule has 0 bridgehead atoms. The van der Waals surface area contributed by atoms with Crippen molar-refractivity contribution in [2.75, 3.05) is 5.32 Å². The molecule has 4 nitrogen and oxygen atoms in total. The number of pyridine rings is 1. The van der Waals surface area contributed by atoms with Gasteiger partial charge in [0.25, 0.3) is 0 Å². The van der Waals surface area contributed by atoms with E-state index in [1.165, 1.54) is 12.1 Å². The lowest BCUT2D eigenvalue weighted by atomic mass is 9.90. The Morgan fingerprint density at radius 3 is 2.67 bits per heavy atom. The van der Waals surface area contributed by atoms with Crippen molar-refractivity contribution in [3.8, 4) is 0 Å². The average Bonchev–Trinajstić information content (AvgIpc) is 2.45. The lowest BCUT2D eigenvalue weighted by molar-refractivity contribution is -0.143. The summed E-state index contributed by atoms with van der Waals surface area (Å²) in [7, 11) is 0. The summed E-state index contributed by atoms with van der Waals surface area (Å²) in [6, 6.07) is 10.0. The first-order valence-corrected chi connectivity index (χ1v) is 6.68. The highest BCUT2D eigenvalue weighted by molar-refractivity contribution is 5.84. The number of aromatic nitrogens is 1. The molecular formula is C16H17FN2O2. The van der Waals surface area contributed by atoms with Crippen LogP contribution in [0.2, 0.25) is 0 Å². The van der Waals surface area contributed by atoms with Crippen molar-refractivity contribution in [1.82, 2.24) is 4.98 Å². The molecule has 0 spiro atoms. The number of halogens is 1. The minimum absolute atomic E-state index is 0.273. The van der Waals surface area contributed by atoms with E-state index < -0.39 is 17.3 Å². The van der Waals surface area contributed by atoms with Gasteiger partial charge in [-0.15, -0.1) is 0 Å². The summed E-state index contributed by atoms with van der Waals surface area (Å²) >= 11 is 0. The van der Waals surface area contributed by atoms with Crippen LogP contribution in [0.1, 0.15) is 24.6 Å². The van der Waals surface area contributed by atoms with Crippen LogP contribution in [0.15, 0.2) is 42.6 Å². The number of nitrogens with one attached hydrogen (secondary N) is 1. The van der Waals surface area contributed by atoms with E-state index in [4.69, 9.17) is 0 Å². The number of aryl methyl sites for hydroxylation is 1. The summed E-state index contributed by atoms with van der Waals surface area (Å²) in [6.07, 6.45) is 1.30. The molecule has 0 fully saturated rings. The van der Waals surface area contributed by atoms with Crippen LogP contribution in [-0.2, 0) is 10.3 Å². The fourth-order valence-electron chi connectivity index (χ4n) is 2.25. The van der Waals surface area contributed by atoms with Gasteiger partial charge >= 0.3 is 5.97 Å². The predicted molar refractivity (Wildman–Crippen MR) is 78.6 cm³/mol. The fraction of sp³-hybridized carbons (Fsp3) is 0.250. The van der Waals surface area contributed by atoms with Gasteiger partial charge in [-0.05, 0) is 43.2 Å².